The van der Waals surface area contributed by atoms with E-state index in [1.165, 1.54) is 161 Å². The van der Waals surface area contributed by atoms with Crippen LogP contribution in [0.2, 0.25) is 0 Å². The zero-order valence-electron chi connectivity index (χ0n) is 73.7. The van der Waals surface area contributed by atoms with Crippen LogP contribution >= 0.6 is 0 Å². The summed E-state index contributed by atoms with van der Waals surface area (Å²) in [5.41, 5.74) is -1.59. The average Bonchev–Trinajstić information content (AvgIpc) is 1.52. The Kier molecular flexibility index (Phi) is 27.0. The summed E-state index contributed by atoms with van der Waals surface area (Å²) in [5.74, 6) is 1.09. The molecule has 12 nitrogen and oxygen atoms in total. The molecule has 0 amide bonds. The van der Waals surface area contributed by atoms with Gasteiger partial charge < -0.3 is 28.4 Å². The first-order chi connectivity index (χ1) is 48.8. The van der Waals surface area contributed by atoms with Crippen LogP contribution in [0.25, 0.3) is 0 Å². The molecule has 6 spiro atoms. The SMILES string of the molecule is C=CC1(OC(=O)C(C)(C)CC)CCCC12CC2.CCC(C)(C)C(=O)OC1(C(C)(C)C)CCCC12CC2.CCC(C)(C)C(=O)OC1(C(C)C)CCCC12CC2.CCC(C)(C)C(=O)OC1(C)CCCC12CC2C.CCC(C)(C)C(=O)OC1(C)CCCCC12CC2.CCC(C)(C)C(=O)OC1(C)CCCCCC12CC2. The second-order valence-corrected chi connectivity index (χ2v) is 43.0. The minimum absolute atomic E-state index is 0.000625. The third-order valence-electron chi connectivity index (χ3n) is 32.8. The molecular formula is C94H162O12. The smallest absolute Gasteiger partial charge is 0.312 e. The van der Waals surface area contributed by atoms with Crippen LogP contribution in [0.5, 0.6) is 0 Å². The Bertz CT molecular complexity index is 3040. The van der Waals surface area contributed by atoms with Crippen molar-refractivity contribution in [2.45, 2.75) is 465 Å². The Labute approximate surface area is 649 Å². The summed E-state index contributed by atoms with van der Waals surface area (Å²) in [6.07, 6.45) is 45.3. The summed E-state index contributed by atoms with van der Waals surface area (Å²) in [6, 6.07) is 0. The fourth-order valence-corrected chi connectivity index (χ4v) is 20.2. The van der Waals surface area contributed by atoms with Gasteiger partial charge in [-0.1, -0.05) is 109 Å². The van der Waals surface area contributed by atoms with Crippen molar-refractivity contribution in [1.82, 2.24) is 0 Å². The zero-order chi connectivity index (χ0) is 79.9. The van der Waals surface area contributed by atoms with Gasteiger partial charge in [-0.25, -0.2) is 0 Å². The molecule has 106 heavy (non-hydrogen) atoms. The Morgan fingerprint density at radius 2 is 0.632 bits per heavy atom. The summed E-state index contributed by atoms with van der Waals surface area (Å²) in [5, 5.41) is 0. The third kappa shape index (κ3) is 17.7. The molecule has 610 valence electrons. The predicted molar refractivity (Wildman–Crippen MR) is 430 cm³/mol. The third-order valence-corrected chi connectivity index (χ3v) is 32.8. The van der Waals surface area contributed by atoms with Crippen molar-refractivity contribution in [3.05, 3.63) is 12.7 Å². The van der Waals surface area contributed by atoms with Crippen molar-refractivity contribution in [2.75, 3.05) is 0 Å². The Morgan fingerprint density at radius 3 is 1.00 bits per heavy atom. The highest BCUT2D eigenvalue weighted by Gasteiger charge is 2.71. The molecule has 0 aromatic rings. The molecule has 12 fully saturated rings. The number of carbonyl (C=O) groups excluding carboxylic acids is 6. The van der Waals surface area contributed by atoms with Crippen LogP contribution in [0.4, 0.5) is 0 Å². The maximum atomic E-state index is 12.6. The normalized spacial score (nSPS) is 32.0. The summed E-state index contributed by atoms with van der Waals surface area (Å²) < 4.78 is 36.3. The molecule has 12 aliphatic rings. The fourth-order valence-electron chi connectivity index (χ4n) is 20.2. The fraction of sp³-hybridized carbons (Fsp3) is 0.915. The number of hydrogen-bond donors (Lipinski definition) is 0. The van der Waals surface area contributed by atoms with Crippen molar-refractivity contribution >= 4 is 35.8 Å². The van der Waals surface area contributed by atoms with Crippen molar-refractivity contribution in [3.8, 4) is 0 Å². The van der Waals surface area contributed by atoms with Gasteiger partial charge in [-0.15, -0.1) is 0 Å². The van der Waals surface area contributed by atoms with E-state index < -0.39 is 0 Å². The van der Waals surface area contributed by atoms with Crippen LogP contribution in [0, 0.1) is 82.2 Å². The molecule has 0 aromatic heterocycles. The van der Waals surface area contributed by atoms with Crippen LogP contribution in [-0.4, -0.2) is 69.4 Å². The monoisotopic (exact) mass is 1480 g/mol. The Hall–Kier alpha value is -3.44. The highest BCUT2D eigenvalue weighted by Crippen LogP contribution is 2.72. The second kappa shape index (κ2) is 31.9. The summed E-state index contributed by atoms with van der Waals surface area (Å²) in [7, 11) is 0. The highest BCUT2D eigenvalue weighted by atomic mass is 16.6. The van der Waals surface area contributed by atoms with Crippen molar-refractivity contribution in [3.63, 3.8) is 0 Å². The number of rotatable bonds is 20. The van der Waals surface area contributed by atoms with Gasteiger partial charge in [-0.2, -0.15) is 0 Å². The van der Waals surface area contributed by atoms with E-state index in [0.717, 1.165) is 89.4 Å². The van der Waals surface area contributed by atoms with E-state index in [4.69, 9.17) is 28.4 Å². The van der Waals surface area contributed by atoms with E-state index in [2.05, 4.69) is 96.6 Å². The van der Waals surface area contributed by atoms with E-state index >= 15 is 0 Å². The molecule has 0 heterocycles. The topological polar surface area (TPSA) is 158 Å². The average molecular weight is 1480 g/mol. The molecule has 8 unspecified atom stereocenters. The molecule has 0 saturated heterocycles. The first-order valence-electron chi connectivity index (χ1n) is 43.8. The Balaban J connectivity index is 0.000000178. The molecule has 0 aliphatic heterocycles. The summed E-state index contributed by atoms with van der Waals surface area (Å²) in [4.78, 5) is 74.2. The van der Waals surface area contributed by atoms with Crippen LogP contribution in [0.3, 0.4) is 0 Å². The largest absolute Gasteiger partial charge is 0.458 e. The van der Waals surface area contributed by atoms with Gasteiger partial charge in [0.15, 0.2) is 0 Å². The van der Waals surface area contributed by atoms with Gasteiger partial charge in [0.05, 0.1) is 32.5 Å². The van der Waals surface area contributed by atoms with E-state index in [-0.39, 0.29) is 113 Å². The van der Waals surface area contributed by atoms with Crippen molar-refractivity contribution in [2.24, 2.45) is 82.2 Å². The maximum absolute atomic E-state index is 12.6. The minimum atomic E-state index is -0.380. The molecular weight excluding hydrogens is 1320 g/mol. The Morgan fingerprint density at radius 1 is 0.340 bits per heavy atom. The maximum Gasteiger partial charge on any atom is 0.312 e. The second-order valence-electron chi connectivity index (χ2n) is 43.0. The van der Waals surface area contributed by atoms with Crippen LogP contribution in [0.15, 0.2) is 12.7 Å². The van der Waals surface area contributed by atoms with Gasteiger partial charge in [-0.05, 0) is 346 Å². The lowest BCUT2D eigenvalue weighted by Gasteiger charge is -2.47. The van der Waals surface area contributed by atoms with Crippen LogP contribution < -0.4 is 0 Å². The number of hydrogen-bond acceptors (Lipinski definition) is 12. The molecule has 12 saturated carbocycles. The lowest BCUT2D eigenvalue weighted by atomic mass is 9.68. The van der Waals surface area contributed by atoms with Gasteiger partial charge >= 0.3 is 35.8 Å². The van der Waals surface area contributed by atoms with Crippen molar-refractivity contribution < 1.29 is 57.2 Å². The lowest BCUT2D eigenvalue weighted by Crippen LogP contribution is -2.52. The first-order valence-corrected chi connectivity index (χ1v) is 43.8. The zero-order valence-corrected chi connectivity index (χ0v) is 73.7. The van der Waals surface area contributed by atoms with E-state index in [1.54, 1.807) is 0 Å². The molecule has 8 atom stereocenters. The number of carbonyl (C=O) groups is 6. The number of ether oxygens (including phenoxy) is 6. The minimum Gasteiger partial charge on any atom is -0.458 e. The van der Waals surface area contributed by atoms with Crippen molar-refractivity contribution in [1.29, 1.82) is 0 Å². The first kappa shape index (κ1) is 89.8. The molecule has 12 rings (SSSR count). The van der Waals surface area contributed by atoms with E-state index in [9.17, 15) is 28.8 Å². The van der Waals surface area contributed by atoms with Gasteiger partial charge in [0.2, 0.25) is 0 Å². The van der Waals surface area contributed by atoms with E-state index in [1.807, 2.05) is 103 Å². The molecule has 0 N–H and O–H groups in total. The standard InChI is InChI=1S/C17H30O2.2C16H28O2.2C15H26O2.C15H24O2/c1-7-15(5,6)13(18)19-17(14(2,3)4)10-8-9-16(17)11-12-16;1-6-14(4,5)13(17)18-16(12(2)3)9-7-8-15(16)10-11-15;1-5-14(2,3)13(17)18-15(4)9-7-6-8-10-16(15)11-12-16;1-6-13(3,4)12(16)17-14(5)8-7-9-15(14)10-11(15)2;1-5-13(2,3)12(16)17-14(4)8-6-7-9-15(14)10-11-15;1-5-13(3,4)12(16)17-15(6-2)9-7-8-14(15)10-11-14/h7-12H2,1-6H3;12H,6-11H2,1-5H3;5-12H2,1-4H3;11H,6-10H2,1-5H3;5-11H2,1-4H3;6H,2,5,7-11H2,1,3-4H3. The number of esters is 6. The molecule has 0 bridgehead atoms. The molecule has 12 aliphatic carbocycles. The predicted octanol–water partition coefficient (Wildman–Crippen LogP) is 25.4. The molecule has 0 radical (unpaired) electrons. The molecule has 0 aromatic carbocycles. The van der Waals surface area contributed by atoms with Gasteiger partial charge in [0.1, 0.15) is 33.6 Å². The van der Waals surface area contributed by atoms with Crippen LogP contribution in [-0.2, 0) is 57.2 Å². The highest BCUT2D eigenvalue weighted by molar-refractivity contribution is 5.79. The quantitative estimate of drug-likeness (QED) is 0.0646. The van der Waals surface area contributed by atoms with Gasteiger partial charge in [0, 0.05) is 37.9 Å². The summed E-state index contributed by atoms with van der Waals surface area (Å²) >= 11 is 0. The molecule has 12 heteroatoms. The van der Waals surface area contributed by atoms with E-state index in [0.29, 0.717) is 33.0 Å². The van der Waals surface area contributed by atoms with Crippen LogP contribution in [0.1, 0.15) is 431 Å². The van der Waals surface area contributed by atoms with Gasteiger partial charge in [0.25, 0.3) is 0 Å². The lowest BCUT2D eigenvalue weighted by molar-refractivity contribution is -0.195. The summed E-state index contributed by atoms with van der Waals surface area (Å²) in [6.45, 7) is 60.1. The van der Waals surface area contributed by atoms with Gasteiger partial charge in [-0.3, -0.25) is 28.8 Å².